The molecule has 0 aliphatic carbocycles. The molecule has 10 heteroatoms. The molecular weight excluding hydrogens is 781 g/mol. The maximum atomic E-state index is 12.0. The van der Waals surface area contributed by atoms with Gasteiger partial charge in [0.15, 0.2) is 0 Å². The number of thiophene rings is 2. The molecule has 45 heavy (non-hydrogen) atoms. The molecule has 234 valence electrons. The Bertz CT molecular complexity index is 1660. The fraction of sp³-hybridized carbons (Fsp3) is 0.229. The molecule has 0 atom stereocenters. The van der Waals surface area contributed by atoms with Gasteiger partial charge in [0.2, 0.25) is 6.09 Å². The summed E-state index contributed by atoms with van der Waals surface area (Å²) in [5.74, 6) is 0.104. The summed E-state index contributed by atoms with van der Waals surface area (Å²) in [6, 6.07) is 23.9. The number of hydrogen-bond acceptors (Lipinski definition) is 6. The topological polar surface area (TPSA) is 105 Å². The van der Waals surface area contributed by atoms with Crippen molar-refractivity contribution >= 4 is 40.8 Å². The number of rotatable bonds is 12. The standard InChI is InChI=1S/C27H27N2O2S2.C8H9NO2.Os/c1-3-4-7-26-28-16-24(14-22(27(30)31)15-25-6-5-12-32-25)29(26)17-20-8-10-21(11-9-20)23-13-19(2)33-18-23;9-8(10)11-6-7-4-2-1-3-5-7;/h5-6,8-14,16H,3-4,7,15,17H2,1-2H3,(H,30,31);1-5H,6H2,(H2,9,10);/q-1;;+2/p-1/b22-14-;;. The van der Waals surface area contributed by atoms with E-state index in [2.05, 4.69) is 63.8 Å². The van der Waals surface area contributed by atoms with Crippen LogP contribution in [-0.4, -0.2) is 26.7 Å². The first-order valence-corrected chi connectivity index (χ1v) is 16.0. The van der Waals surface area contributed by atoms with Gasteiger partial charge in [-0.1, -0.05) is 91.9 Å². The molecule has 0 saturated carbocycles. The second-order valence-electron chi connectivity index (χ2n) is 10.2. The van der Waals surface area contributed by atoms with E-state index in [1.54, 1.807) is 34.9 Å². The van der Waals surface area contributed by atoms with Crippen LogP contribution in [0.1, 0.15) is 52.2 Å². The van der Waals surface area contributed by atoms with E-state index < -0.39 is 12.1 Å². The number of carboxylic acid groups (broad SMARTS) is 1. The van der Waals surface area contributed by atoms with Crippen LogP contribution in [0.3, 0.4) is 0 Å². The Morgan fingerprint density at radius 3 is 2.42 bits per heavy atom. The number of imidazole rings is 1. The molecule has 1 amide bonds. The van der Waals surface area contributed by atoms with Gasteiger partial charge in [-0.3, -0.25) is 16.1 Å². The number of unbranched alkanes of at least 4 members (excludes halogenated alkanes) is 1. The molecule has 0 unspecified atom stereocenters. The maximum absolute atomic E-state index is 12.0. The molecule has 3 aromatic heterocycles. The summed E-state index contributed by atoms with van der Waals surface area (Å²) in [7, 11) is 0. The van der Waals surface area contributed by atoms with Crippen molar-refractivity contribution in [3.05, 3.63) is 133 Å². The molecule has 0 radical (unpaired) electrons. The number of carbonyl (C=O) groups excluding carboxylic acids is 1. The number of carboxylic acids is 1. The van der Waals surface area contributed by atoms with Crippen LogP contribution in [0.5, 0.6) is 0 Å². The number of aliphatic carboxylic acids is 1. The molecule has 0 saturated heterocycles. The van der Waals surface area contributed by atoms with E-state index in [1.165, 1.54) is 4.88 Å². The Morgan fingerprint density at radius 1 is 1.07 bits per heavy atom. The van der Waals surface area contributed by atoms with E-state index in [9.17, 15) is 14.7 Å². The van der Waals surface area contributed by atoms with Gasteiger partial charge in [-0.15, -0.1) is 21.8 Å². The molecule has 2 aromatic carbocycles. The minimum atomic E-state index is -0.992. The minimum absolute atomic E-state index is 0. The Kier molecular flexibility index (Phi) is 14.4. The maximum Gasteiger partial charge on any atom is 2.00 e. The summed E-state index contributed by atoms with van der Waals surface area (Å²) in [4.78, 5) is 29.0. The van der Waals surface area contributed by atoms with Crippen molar-refractivity contribution in [2.45, 2.75) is 52.7 Å². The quantitative estimate of drug-likeness (QED) is 0.0999. The zero-order valence-electron chi connectivity index (χ0n) is 25.1. The van der Waals surface area contributed by atoms with E-state index in [-0.39, 0.29) is 26.4 Å². The predicted molar refractivity (Wildman–Crippen MR) is 178 cm³/mol. The van der Waals surface area contributed by atoms with E-state index in [0.29, 0.717) is 18.5 Å². The summed E-state index contributed by atoms with van der Waals surface area (Å²) in [5.41, 5.74) is 12.0. The van der Waals surface area contributed by atoms with Crippen molar-refractivity contribution in [2.75, 3.05) is 0 Å². The number of nitrogens with one attached hydrogen (secondary N) is 1. The number of aryl methyl sites for hydroxylation is 2. The van der Waals surface area contributed by atoms with Crippen molar-refractivity contribution in [1.29, 1.82) is 0 Å². The zero-order chi connectivity index (χ0) is 31.3. The number of carbonyl (C=O) groups is 2. The van der Waals surface area contributed by atoms with Crippen molar-refractivity contribution in [3.63, 3.8) is 0 Å². The van der Waals surface area contributed by atoms with E-state index in [1.807, 2.05) is 47.8 Å². The Labute approximate surface area is 285 Å². The fourth-order valence-electron chi connectivity index (χ4n) is 4.46. The number of ether oxygens (including phenoxy) is 1. The molecule has 2 N–H and O–H groups in total. The van der Waals surface area contributed by atoms with Crippen LogP contribution < -0.4 is 0 Å². The van der Waals surface area contributed by atoms with Crippen LogP contribution in [0.4, 0.5) is 4.79 Å². The van der Waals surface area contributed by atoms with Gasteiger partial charge < -0.3 is 20.1 Å². The SMILES string of the molecule is CCCCc1ncc(/C=C(/Cc2cccs2)C(=O)O)n1Cc1ccc(-c2[c-]sc(C)c2)cc1.[NH-]C(=O)OCc1ccccc1.[Os+2]. The molecule has 3 heterocycles. The van der Waals surface area contributed by atoms with Crippen LogP contribution >= 0.6 is 22.7 Å². The average molecular weight is 816 g/mol. The molecule has 5 aromatic rings. The van der Waals surface area contributed by atoms with Gasteiger partial charge in [0.05, 0.1) is 11.9 Å². The van der Waals surface area contributed by atoms with Crippen molar-refractivity contribution in [1.82, 2.24) is 9.55 Å². The van der Waals surface area contributed by atoms with E-state index in [4.69, 9.17) is 5.73 Å². The van der Waals surface area contributed by atoms with Crippen molar-refractivity contribution < 1.29 is 39.2 Å². The van der Waals surface area contributed by atoms with Crippen molar-refractivity contribution in [2.24, 2.45) is 0 Å². The third-order valence-corrected chi connectivity index (χ3v) is 8.39. The van der Waals surface area contributed by atoms with Gasteiger partial charge >= 0.3 is 25.8 Å². The molecule has 0 spiro atoms. The first kappa shape index (κ1) is 35.6. The second kappa shape index (κ2) is 18.2. The average Bonchev–Trinajstić information content (AvgIpc) is 3.78. The second-order valence-corrected chi connectivity index (χ2v) is 12.2. The van der Waals surface area contributed by atoms with Gasteiger partial charge in [0.25, 0.3) is 0 Å². The summed E-state index contributed by atoms with van der Waals surface area (Å²) in [6.07, 6.45) is 6.01. The van der Waals surface area contributed by atoms with Crippen LogP contribution in [-0.2, 0) is 55.3 Å². The number of nitrogens with zero attached hydrogens (tertiary/aromatic N) is 2. The largest absolute Gasteiger partial charge is 2.00 e. The predicted octanol–water partition coefficient (Wildman–Crippen LogP) is 9.26. The molecular formula is C35H35N3O4OsS2. The minimum Gasteiger partial charge on any atom is -0.632 e. The van der Waals surface area contributed by atoms with Crippen LogP contribution in [0.25, 0.3) is 22.9 Å². The van der Waals surface area contributed by atoms with Gasteiger partial charge in [0.1, 0.15) is 12.4 Å². The third kappa shape index (κ3) is 11.2. The number of benzene rings is 2. The van der Waals surface area contributed by atoms with Crippen molar-refractivity contribution in [3.8, 4) is 11.1 Å². The Hall–Kier alpha value is -3.83. The molecule has 0 bridgehead atoms. The normalized spacial score (nSPS) is 10.8. The van der Waals surface area contributed by atoms with Crippen LogP contribution in [0.2, 0.25) is 0 Å². The third-order valence-electron chi connectivity index (χ3n) is 6.75. The van der Waals surface area contributed by atoms with Gasteiger partial charge in [-0.25, -0.2) is 9.78 Å². The fourth-order valence-corrected chi connectivity index (χ4v) is 5.82. The Balaban J connectivity index is 0.000000391. The van der Waals surface area contributed by atoms with Crippen LogP contribution in [0.15, 0.2) is 89.9 Å². The summed E-state index contributed by atoms with van der Waals surface area (Å²) in [6.45, 7) is 5.10. The molecule has 0 aliphatic heterocycles. The summed E-state index contributed by atoms with van der Waals surface area (Å²) < 4.78 is 6.61. The Morgan fingerprint density at radius 2 is 1.82 bits per heavy atom. The van der Waals surface area contributed by atoms with E-state index >= 15 is 0 Å². The number of amides is 1. The van der Waals surface area contributed by atoms with E-state index in [0.717, 1.165) is 57.9 Å². The van der Waals surface area contributed by atoms with Gasteiger partial charge in [-0.2, -0.15) is 6.07 Å². The number of aromatic nitrogens is 2. The summed E-state index contributed by atoms with van der Waals surface area (Å²) in [5, 5.41) is 15.1. The monoisotopic (exact) mass is 817 g/mol. The zero-order valence-corrected chi connectivity index (χ0v) is 29.3. The molecule has 0 aliphatic rings. The van der Waals surface area contributed by atoms with Gasteiger partial charge in [-0.05, 0) is 35.1 Å². The van der Waals surface area contributed by atoms with Gasteiger partial charge in [0, 0.05) is 29.8 Å². The molecule has 5 rings (SSSR count). The number of hydrogen-bond donors (Lipinski definition) is 1. The molecule has 0 fully saturated rings. The first-order chi connectivity index (χ1) is 21.3. The first-order valence-electron chi connectivity index (χ1n) is 14.3. The molecule has 7 nitrogen and oxygen atoms in total. The van der Waals surface area contributed by atoms with Crippen LogP contribution in [0, 0.1) is 12.3 Å². The smallest absolute Gasteiger partial charge is 0.632 e. The summed E-state index contributed by atoms with van der Waals surface area (Å²) >= 11 is 3.21.